The van der Waals surface area contributed by atoms with Crippen molar-refractivity contribution in [1.29, 1.82) is 0 Å². The Kier molecular flexibility index (Phi) is 14.2. The lowest BCUT2D eigenvalue weighted by Crippen LogP contribution is -2.61. The van der Waals surface area contributed by atoms with Crippen molar-refractivity contribution in [2.24, 2.45) is 5.92 Å². The van der Waals surface area contributed by atoms with E-state index in [4.69, 9.17) is 9.47 Å². The van der Waals surface area contributed by atoms with Crippen LogP contribution in [0.5, 0.6) is 0 Å². The Morgan fingerprint density at radius 3 is 1.93 bits per heavy atom. The molecule has 45 heavy (non-hydrogen) atoms. The molecule has 0 radical (unpaired) electrons. The van der Waals surface area contributed by atoms with Crippen molar-refractivity contribution in [3.8, 4) is 0 Å². The summed E-state index contributed by atoms with van der Waals surface area (Å²) in [6, 6.07) is 14.0. The molecule has 0 bridgehead atoms. The summed E-state index contributed by atoms with van der Waals surface area (Å²) in [5.41, 5.74) is 0.552. The highest BCUT2D eigenvalue weighted by atomic mass is 16.6. The number of ether oxygens (including phenoxy) is 2. The number of hydrogen-bond acceptors (Lipinski definition) is 8. The third-order valence-electron chi connectivity index (χ3n) is 6.95. The number of benzene rings is 2. The smallest absolute Gasteiger partial charge is 0.408 e. The van der Waals surface area contributed by atoms with Gasteiger partial charge in [0.05, 0.1) is 12.5 Å². The number of aliphatic hydroxyl groups excluding tert-OH is 1. The predicted octanol–water partition coefficient (Wildman–Crippen LogP) is 3.91. The van der Waals surface area contributed by atoms with Gasteiger partial charge in [-0.15, -0.1) is 0 Å². The summed E-state index contributed by atoms with van der Waals surface area (Å²) in [5.74, 6) is -3.60. The van der Waals surface area contributed by atoms with Gasteiger partial charge in [-0.2, -0.15) is 0 Å². The number of alkyl carbamates (subject to hydrolysis) is 1. The molecule has 2 aromatic carbocycles. The first kappa shape index (κ1) is 36.9. The average Bonchev–Trinajstić information content (AvgIpc) is 2.97. The van der Waals surface area contributed by atoms with Crippen molar-refractivity contribution in [3.05, 3.63) is 71.8 Å². The minimum absolute atomic E-state index is 0.00225. The molecule has 11 nitrogen and oxygen atoms in total. The van der Waals surface area contributed by atoms with Gasteiger partial charge in [-0.3, -0.25) is 19.3 Å². The molecule has 0 aliphatic heterocycles. The van der Waals surface area contributed by atoms with E-state index in [1.807, 2.05) is 25.1 Å². The average molecular weight is 626 g/mol. The van der Waals surface area contributed by atoms with Crippen LogP contribution < -0.4 is 10.6 Å². The van der Waals surface area contributed by atoms with Crippen LogP contribution in [0.15, 0.2) is 60.7 Å². The number of imide groups is 1. The van der Waals surface area contributed by atoms with Crippen molar-refractivity contribution in [2.45, 2.75) is 104 Å². The Morgan fingerprint density at radius 1 is 0.867 bits per heavy atom. The molecule has 0 unspecified atom stereocenters. The van der Waals surface area contributed by atoms with E-state index < -0.39 is 72.0 Å². The molecule has 0 spiro atoms. The molecule has 0 fully saturated rings. The van der Waals surface area contributed by atoms with Gasteiger partial charge >= 0.3 is 12.1 Å². The second kappa shape index (κ2) is 17.3. The summed E-state index contributed by atoms with van der Waals surface area (Å²) in [7, 11) is 0. The summed E-state index contributed by atoms with van der Waals surface area (Å²) in [5, 5.41) is 15.3. The number of esters is 1. The van der Waals surface area contributed by atoms with E-state index in [1.54, 1.807) is 70.2 Å². The van der Waals surface area contributed by atoms with Crippen LogP contribution in [0.4, 0.5) is 4.79 Å². The van der Waals surface area contributed by atoms with E-state index in [9.17, 15) is 29.1 Å². The molecule has 2 aromatic rings. The largest absolute Gasteiger partial charge is 0.459 e. The van der Waals surface area contributed by atoms with E-state index in [-0.39, 0.29) is 13.0 Å². The van der Waals surface area contributed by atoms with E-state index in [2.05, 4.69) is 10.6 Å². The van der Waals surface area contributed by atoms with Gasteiger partial charge < -0.3 is 25.2 Å². The van der Waals surface area contributed by atoms with Crippen molar-refractivity contribution in [1.82, 2.24) is 15.5 Å². The number of nitrogens with one attached hydrogen (secondary N) is 2. The van der Waals surface area contributed by atoms with Crippen molar-refractivity contribution in [2.75, 3.05) is 0 Å². The molecule has 246 valence electrons. The number of carbonyl (C=O) groups excluding carboxylic acids is 5. The Morgan fingerprint density at radius 2 is 1.42 bits per heavy atom. The first-order chi connectivity index (χ1) is 21.1. The summed E-state index contributed by atoms with van der Waals surface area (Å²) in [4.78, 5) is 68.2. The van der Waals surface area contributed by atoms with Gasteiger partial charge in [0.2, 0.25) is 11.8 Å². The molecule has 0 saturated heterocycles. The van der Waals surface area contributed by atoms with Crippen molar-refractivity contribution in [3.63, 3.8) is 0 Å². The molecule has 2 rings (SSSR count). The Bertz CT molecular complexity index is 1280. The molecule has 0 aliphatic carbocycles. The van der Waals surface area contributed by atoms with Crippen LogP contribution in [0.2, 0.25) is 0 Å². The maximum absolute atomic E-state index is 14.3. The Balaban J connectivity index is 2.46. The van der Waals surface area contributed by atoms with Crippen LogP contribution in [0.3, 0.4) is 0 Å². The lowest BCUT2D eigenvalue weighted by molar-refractivity contribution is -0.155. The Hall–Kier alpha value is -4.25. The zero-order valence-corrected chi connectivity index (χ0v) is 27.2. The second-order valence-corrected chi connectivity index (χ2v) is 12.2. The number of aliphatic hydroxyl groups is 1. The quantitative estimate of drug-likeness (QED) is 0.268. The zero-order valence-electron chi connectivity index (χ0n) is 27.2. The topological polar surface area (TPSA) is 151 Å². The van der Waals surface area contributed by atoms with Crippen LogP contribution in [0.25, 0.3) is 0 Å². The number of rotatable bonds is 14. The van der Waals surface area contributed by atoms with Crippen LogP contribution in [-0.2, 0) is 41.7 Å². The minimum atomic E-state index is -1.43. The van der Waals surface area contributed by atoms with E-state index in [0.717, 1.165) is 10.5 Å². The Labute approximate surface area is 265 Å². The fourth-order valence-electron chi connectivity index (χ4n) is 4.43. The molecular weight excluding hydrogens is 578 g/mol. The van der Waals surface area contributed by atoms with Crippen molar-refractivity contribution >= 4 is 29.8 Å². The first-order valence-corrected chi connectivity index (χ1v) is 15.2. The normalized spacial score (nSPS) is 14.6. The fourth-order valence-corrected chi connectivity index (χ4v) is 4.43. The van der Waals surface area contributed by atoms with Crippen molar-refractivity contribution < 1.29 is 38.6 Å². The SMILES string of the molecule is CC[C@H](C)[C@@H](NC(=O)OC(C)(C)C)C(=O)N(C(=O)C[C@@H](C)O)[C@H](Cc1ccccc1)C(=O)N[C@H](C)C(=O)OCc1ccccc1. The van der Waals surface area contributed by atoms with E-state index in [1.165, 1.54) is 13.8 Å². The molecule has 0 aromatic heterocycles. The summed E-state index contributed by atoms with van der Waals surface area (Å²) in [6.45, 7) is 11.4. The second-order valence-electron chi connectivity index (χ2n) is 12.2. The van der Waals surface area contributed by atoms with Crippen LogP contribution in [0, 0.1) is 5.92 Å². The molecule has 4 amide bonds. The maximum Gasteiger partial charge on any atom is 0.408 e. The first-order valence-electron chi connectivity index (χ1n) is 15.2. The lowest BCUT2D eigenvalue weighted by Gasteiger charge is -2.35. The standard InChI is InChI=1S/C34H47N3O8/c1-8-22(2)29(36-33(43)45-34(5,6)7)31(41)37(28(39)19-23(3)38)27(20-25-15-11-9-12-16-25)30(40)35-24(4)32(42)44-21-26-17-13-10-14-18-26/h9-18,22-24,27,29,38H,8,19-21H2,1-7H3,(H,35,40)(H,36,43)/t22-,23+,24+,27+,29+/m0/s1. The molecule has 0 heterocycles. The summed E-state index contributed by atoms with van der Waals surface area (Å²) in [6.07, 6.45) is -2.08. The number of amides is 4. The van der Waals surface area contributed by atoms with Gasteiger partial charge in [0.1, 0.15) is 30.3 Å². The molecule has 0 saturated carbocycles. The van der Waals surface area contributed by atoms with Gasteiger partial charge in [-0.25, -0.2) is 9.59 Å². The number of nitrogens with zero attached hydrogens (tertiary/aromatic N) is 1. The van der Waals surface area contributed by atoms with Gasteiger partial charge in [0, 0.05) is 6.42 Å². The fraction of sp³-hybridized carbons (Fsp3) is 0.500. The highest BCUT2D eigenvalue weighted by Gasteiger charge is 2.41. The molecule has 3 N–H and O–H groups in total. The molecular formula is C34H47N3O8. The molecule has 11 heteroatoms. The maximum atomic E-state index is 14.3. The molecule has 5 atom stereocenters. The van der Waals surface area contributed by atoms with Gasteiger partial charge in [-0.1, -0.05) is 80.9 Å². The van der Waals surface area contributed by atoms with Gasteiger partial charge in [-0.05, 0) is 51.7 Å². The van der Waals surface area contributed by atoms with Crippen LogP contribution >= 0.6 is 0 Å². The number of carbonyl (C=O) groups is 5. The van der Waals surface area contributed by atoms with Crippen LogP contribution in [-0.4, -0.2) is 69.6 Å². The predicted molar refractivity (Wildman–Crippen MR) is 169 cm³/mol. The van der Waals surface area contributed by atoms with Crippen LogP contribution in [0.1, 0.15) is 72.4 Å². The number of hydrogen-bond donors (Lipinski definition) is 3. The molecule has 0 aliphatic rings. The van der Waals surface area contributed by atoms with Gasteiger partial charge in [0.15, 0.2) is 0 Å². The third-order valence-corrected chi connectivity index (χ3v) is 6.95. The van der Waals surface area contributed by atoms with E-state index >= 15 is 0 Å². The third kappa shape index (κ3) is 12.3. The zero-order chi connectivity index (χ0) is 33.7. The van der Waals surface area contributed by atoms with E-state index in [0.29, 0.717) is 12.0 Å². The lowest BCUT2D eigenvalue weighted by atomic mass is 9.95. The summed E-state index contributed by atoms with van der Waals surface area (Å²) < 4.78 is 10.7. The monoisotopic (exact) mass is 625 g/mol. The highest BCUT2D eigenvalue weighted by molar-refractivity contribution is 6.04. The van der Waals surface area contributed by atoms with Gasteiger partial charge in [0.25, 0.3) is 5.91 Å². The highest BCUT2D eigenvalue weighted by Crippen LogP contribution is 2.19. The minimum Gasteiger partial charge on any atom is -0.459 e. The summed E-state index contributed by atoms with van der Waals surface area (Å²) >= 11 is 0.